The molecule has 0 saturated carbocycles. The van der Waals surface area contributed by atoms with Crippen molar-refractivity contribution in [2.45, 2.75) is 32.4 Å². The van der Waals surface area contributed by atoms with Crippen LogP contribution in [0.25, 0.3) is 0 Å². The number of hydrogen-bond donors (Lipinski definition) is 2. The van der Waals surface area contributed by atoms with Gasteiger partial charge in [0.2, 0.25) is 0 Å². The lowest BCUT2D eigenvalue weighted by Crippen LogP contribution is -2.33. The molecule has 2 rings (SSSR count). The Morgan fingerprint density at radius 2 is 1.86 bits per heavy atom. The quantitative estimate of drug-likeness (QED) is 0.906. The van der Waals surface area contributed by atoms with Crippen molar-refractivity contribution >= 4 is 11.9 Å². The van der Waals surface area contributed by atoms with Gasteiger partial charge in [0.05, 0.1) is 17.3 Å². The molecule has 6 heteroatoms. The van der Waals surface area contributed by atoms with Crippen LogP contribution in [0.3, 0.4) is 0 Å². The van der Waals surface area contributed by atoms with E-state index in [0.29, 0.717) is 11.1 Å². The Balaban J connectivity index is 2.19. The van der Waals surface area contributed by atoms with Gasteiger partial charge in [-0.2, -0.15) is 5.10 Å². The minimum Gasteiger partial charge on any atom is -0.479 e. The number of carboxylic acids is 1. The zero-order chi connectivity index (χ0) is 16.3. The van der Waals surface area contributed by atoms with Crippen molar-refractivity contribution < 1.29 is 14.7 Å². The van der Waals surface area contributed by atoms with Crippen molar-refractivity contribution in [3.63, 3.8) is 0 Å². The van der Waals surface area contributed by atoms with Gasteiger partial charge in [0.15, 0.2) is 6.04 Å². The molecule has 0 aliphatic heterocycles. The maximum atomic E-state index is 12.2. The summed E-state index contributed by atoms with van der Waals surface area (Å²) in [6, 6.07) is 7.49. The van der Waals surface area contributed by atoms with E-state index in [1.807, 2.05) is 20.8 Å². The fourth-order valence-corrected chi connectivity index (χ4v) is 1.95. The summed E-state index contributed by atoms with van der Waals surface area (Å²) in [5.41, 5.74) is 0.605. The first-order valence-corrected chi connectivity index (χ1v) is 6.93. The molecule has 2 aromatic rings. The lowest BCUT2D eigenvalue weighted by atomic mass is 10.1. The van der Waals surface area contributed by atoms with Crippen molar-refractivity contribution in [3.05, 3.63) is 53.9 Å². The molecule has 0 fully saturated rings. The van der Waals surface area contributed by atoms with Gasteiger partial charge in [0, 0.05) is 6.20 Å². The van der Waals surface area contributed by atoms with Crippen LogP contribution < -0.4 is 5.32 Å². The van der Waals surface area contributed by atoms with Crippen LogP contribution in [0.15, 0.2) is 42.7 Å². The van der Waals surface area contributed by atoms with Crippen LogP contribution in [0.1, 0.15) is 42.7 Å². The number of carbonyl (C=O) groups excluding carboxylic acids is 1. The number of benzene rings is 1. The van der Waals surface area contributed by atoms with Crippen LogP contribution in [0.4, 0.5) is 0 Å². The van der Waals surface area contributed by atoms with E-state index in [2.05, 4.69) is 10.4 Å². The average molecular weight is 301 g/mol. The first-order chi connectivity index (χ1) is 10.3. The topological polar surface area (TPSA) is 84.2 Å². The summed E-state index contributed by atoms with van der Waals surface area (Å²) in [5.74, 6) is -1.57. The average Bonchev–Trinajstić information content (AvgIpc) is 2.95. The summed E-state index contributed by atoms with van der Waals surface area (Å²) in [7, 11) is 0. The second-order valence-electron chi connectivity index (χ2n) is 6.00. The molecular formula is C16H19N3O3. The summed E-state index contributed by atoms with van der Waals surface area (Å²) < 4.78 is 1.67. The molecule has 0 aliphatic carbocycles. The van der Waals surface area contributed by atoms with E-state index in [9.17, 15) is 14.7 Å². The van der Waals surface area contributed by atoms with Gasteiger partial charge in [-0.25, -0.2) is 4.79 Å². The van der Waals surface area contributed by atoms with E-state index >= 15 is 0 Å². The molecule has 6 nitrogen and oxygen atoms in total. The van der Waals surface area contributed by atoms with E-state index in [1.165, 1.54) is 6.20 Å². The normalized spacial score (nSPS) is 12.7. The molecule has 0 spiro atoms. The van der Waals surface area contributed by atoms with Crippen molar-refractivity contribution in [1.29, 1.82) is 0 Å². The van der Waals surface area contributed by atoms with Gasteiger partial charge >= 0.3 is 5.97 Å². The molecule has 1 amide bonds. The van der Waals surface area contributed by atoms with E-state index in [0.717, 1.165) is 0 Å². The Morgan fingerprint density at radius 3 is 2.36 bits per heavy atom. The minimum absolute atomic E-state index is 0.246. The Kier molecular flexibility index (Phi) is 4.30. The third-order valence-corrected chi connectivity index (χ3v) is 3.19. The fourth-order valence-electron chi connectivity index (χ4n) is 1.95. The van der Waals surface area contributed by atoms with Crippen molar-refractivity contribution in [1.82, 2.24) is 15.1 Å². The number of aromatic nitrogens is 2. The highest BCUT2D eigenvalue weighted by Crippen LogP contribution is 2.16. The Hall–Kier alpha value is -2.63. The maximum absolute atomic E-state index is 12.2. The number of rotatable bonds is 4. The van der Waals surface area contributed by atoms with Gasteiger partial charge in [-0.1, -0.05) is 30.3 Å². The SMILES string of the molecule is CC(C)(C)n1cc(C(=O)NC(C(=O)O)c2ccccc2)cn1. The predicted molar refractivity (Wildman–Crippen MR) is 81.5 cm³/mol. The Morgan fingerprint density at radius 1 is 1.23 bits per heavy atom. The molecule has 0 bridgehead atoms. The molecule has 1 aromatic heterocycles. The van der Waals surface area contributed by atoms with Gasteiger partial charge in [-0.15, -0.1) is 0 Å². The molecule has 1 aromatic carbocycles. The van der Waals surface area contributed by atoms with Crippen molar-refractivity contribution in [3.8, 4) is 0 Å². The summed E-state index contributed by atoms with van der Waals surface area (Å²) in [6.45, 7) is 5.89. The van der Waals surface area contributed by atoms with Crippen LogP contribution in [0, 0.1) is 0 Å². The van der Waals surface area contributed by atoms with Gasteiger partial charge in [-0.05, 0) is 26.3 Å². The highest BCUT2D eigenvalue weighted by atomic mass is 16.4. The zero-order valence-corrected chi connectivity index (χ0v) is 12.8. The summed E-state index contributed by atoms with van der Waals surface area (Å²) in [4.78, 5) is 23.6. The highest BCUT2D eigenvalue weighted by Gasteiger charge is 2.24. The van der Waals surface area contributed by atoms with Gasteiger partial charge in [-0.3, -0.25) is 9.48 Å². The third-order valence-electron chi connectivity index (χ3n) is 3.19. The second kappa shape index (κ2) is 6.01. The van der Waals surface area contributed by atoms with E-state index in [1.54, 1.807) is 41.2 Å². The van der Waals surface area contributed by atoms with Crippen molar-refractivity contribution in [2.24, 2.45) is 0 Å². The molecule has 116 valence electrons. The standard InChI is InChI=1S/C16H19N3O3/c1-16(2,3)19-10-12(9-17-19)14(20)18-13(15(21)22)11-7-5-4-6-8-11/h4-10,13H,1-3H3,(H,18,20)(H,21,22). The number of carboxylic acid groups (broad SMARTS) is 1. The maximum Gasteiger partial charge on any atom is 0.330 e. The van der Waals surface area contributed by atoms with E-state index in [-0.39, 0.29) is 5.54 Å². The summed E-state index contributed by atoms with van der Waals surface area (Å²) in [6.07, 6.45) is 3.05. The van der Waals surface area contributed by atoms with Gasteiger partial charge < -0.3 is 10.4 Å². The van der Waals surface area contributed by atoms with Crippen LogP contribution in [-0.2, 0) is 10.3 Å². The monoisotopic (exact) mass is 301 g/mol. The molecular weight excluding hydrogens is 282 g/mol. The Bertz CT molecular complexity index is 671. The number of aliphatic carboxylic acids is 1. The Labute approximate surface area is 128 Å². The molecule has 22 heavy (non-hydrogen) atoms. The molecule has 2 N–H and O–H groups in total. The van der Waals surface area contributed by atoms with Crippen LogP contribution in [0.5, 0.6) is 0 Å². The largest absolute Gasteiger partial charge is 0.479 e. The van der Waals surface area contributed by atoms with Crippen molar-refractivity contribution in [2.75, 3.05) is 0 Å². The highest BCUT2D eigenvalue weighted by molar-refractivity contribution is 5.96. The second-order valence-corrected chi connectivity index (χ2v) is 6.00. The molecule has 0 saturated heterocycles. The number of amides is 1. The summed E-state index contributed by atoms with van der Waals surface area (Å²) >= 11 is 0. The first kappa shape index (κ1) is 15.8. The number of carbonyl (C=O) groups is 2. The molecule has 1 atom stereocenters. The minimum atomic E-state index is -1.11. The lowest BCUT2D eigenvalue weighted by molar-refractivity contribution is -0.139. The molecule has 0 aliphatic rings. The van der Waals surface area contributed by atoms with E-state index in [4.69, 9.17) is 0 Å². The smallest absolute Gasteiger partial charge is 0.330 e. The molecule has 0 radical (unpaired) electrons. The van der Waals surface area contributed by atoms with Gasteiger partial charge in [0.1, 0.15) is 0 Å². The van der Waals surface area contributed by atoms with Crippen LogP contribution >= 0.6 is 0 Å². The molecule has 1 heterocycles. The first-order valence-electron chi connectivity index (χ1n) is 6.93. The van der Waals surface area contributed by atoms with Gasteiger partial charge in [0.25, 0.3) is 5.91 Å². The zero-order valence-electron chi connectivity index (χ0n) is 12.8. The number of nitrogens with zero attached hydrogens (tertiary/aromatic N) is 2. The fraction of sp³-hybridized carbons (Fsp3) is 0.312. The van der Waals surface area contributed by atoms with Crippen LogP contribution in [-0.4, -0.2) is 26.8 Å². The van der Waals surface area contributed by atoms with Crippen LogP contribution in [0.2, 0.25) is 0 Å². The van der Waals surface area contributed by atoms with E-state index < -0.39 is 17.9 Å². The third kappa shape index (κ3) is 3.52. The molecule has 1 unspecified atom stereocenters. The summed E-state index contributed by atoms with van der Waals surface area (Å²) in [5, 5.41) is 16.0. The number of hydrogen-bond acceptors (Lipinski definition) is 3. The predicted octanol–water partition coefficient (Wildman–Crippen LogP) is 2.19. The lowest BCUT2D eigenvalue weighted by Gasteiger charge is -2.18. The number of nitrogens with one attached hydrogen (secondary N) is 1.